The van der Waals surface area contributed by atoms with Crippen LogP contribution in [0.25, 0.3) is 11.1 Å². The van der Waals surface area contributed by atoms with Crippen LogP contribution < -0.4 is 14.2 Å². The third kappa shape index (κ3) is 5.04. The molecule has 0 saturated carbocycles. The number of carbonyl (C=O) groups excluding carboxylic acids is 1. The van der Waals surface area contributed by atoms with Gasteiger partial charge in [0.1, 0.15) is 23.4 Å². The van der Waals surface area contributed by atoms with Crippen molar-refractivity contribution in [2.45, 2.75) is 52.1 Å². The molecule has 0 aromatic heterocycles. The Kier molecular flexibility index (Phi) is 7.18. The van der Waals surface area contributed by atoms with Gasteiger partial charge in [0.25, 0.3) is 0 Å². The van der Waals surface area contributed by atoms with Crippen LogP contribution in [0.15, 0.2) is 42.5 Å². The molecule has 1 fully saturated rings. The molecule has 1 aliphatic carbocycles. The molecule has 2 heterocycles. The lowest BCUT2D eigenvalue weighted by molar-refractivity contribution is -0.141. The van der Waals surface area contributed by atoms with Gasteiger partial charge >= 0.3 is 5.97 Å². The Morgan fingerprint density at radius 3 is 2.48 bits per heavy atom. The maximum Gasteiger partial charge on any atom is 0.306 e. The zero-order chi connectivity index (χ0) is 28.0. The molecule has 0 amide bonds. The third-order valence-electron chi connectivity index (χ3n) is 8.33. The first kappa shape index (κ1) is 27.0. The SMILES string of the molecule is COC(=O)CC1COc2cc(OC3CCc4c3ccc(Cl)c4-c3c(C)cc(OCC4(C)COC4)cc3C)ccc21. The standard InChI is InChI=1S/C33H35ClO6/c1-19-11-23(39-18-33(3)16-37-17-33)12-20(2)31(19)32-26-8-10-28(25(26)7-9-27(32)34)40-22-5-6-24-21(13-30(35)36-4)15-38-29(24)14-22/h5-7,9,11-12,14,21,28H,8,10,13,15-18H2,1-4H3. The van der Waals surface area contributed by atoms with Crippen molar-refractivity contribution < 1.29 is 28.5 Å². The molecule has 3 aromatic carbocycles. The van der Waals surface area contributed by atoms with Gasteiger partial charge in [-0.3, -0.25) is 4.79 Å². The van der Waals surface area contributed by atoms with Gasteiger partial charge in [0.05, 0.1) is 40.0 Å². The lowest BCUT2D eigenvalue weighted by atomic mass is 9.89. The van der Waals surface area contributed by atoms with Crippen LogP contribution in [0.3, 0.4) is 0 Å². The van der Waals surface area contributed by atoms with Crippen molar-refractivity contribution in [2.24, 2.45) is 5.41 Å². The van der Waals surface area contributed by atoms with Crippen molar-refractivity contribution in [3.8, 4) is 28.4 Å². The van der Waals surface area contributed by atoms with E-state index >= 15 is 0 Å². The van der Waals surface area contributed by atoms with Gasteiger partial charge in [-0.1, -0.05) is 30.7 Å². The number of carbonyl (C=O) groups is 1. The number of halogens is 1. The molecule has 6 nitrogen and oxygen atoms in total. The Labute approximate surface area is 240 Å². The van der Waals surface area contributed by atoms with Gasteiger partial charge in [-0.2, -0.15) is 0 Å². The molecule has 0 spiro atoms. The summed E-state index contributed by atoms with van der Waals surface area (Å²) in [6, 6.07) is 14.2. The van der Waals surface area contributed by atoms with Gasteiger partial charge in [-0.15, -0.1) is 0 Å². The van der Waals surface area contributed by atoms with Crippen molar-refractivity contribution in [2.75, 3.05) is 33.5 Å². The van der Waals surface area contributed by atoms with Crippen LogP contribution in [-0.2, 0) is 20.7 Å². The maximum atomic E-state index is 11.8. The number of methoxy groups -OCH3 is 1. The minimum atomic E-state index is -0.232. The fourth-order valence-corrected chi connectivity index (χ4v) is 6.44. The first-order chi connectivity index (χ1) is 19.2. The first-order valence-corrected chi connectivity index (χ1v) is 14.3. The molecule has 2 atom stereocenters. The van der Waals surface area contributed by atoms with Gasteiger partial charge in [0.2, 0.25) is 0 Å². The highest BCUT2D eigenvalue weighted by Crippen LogP contribution is 2.46. The summed E-state index contributed by atoms with van der Waals surface area (Å²) in [6.45, 7) is 9.04. The second-order valence-electron chi connectivity index (χ2n) is 11.6. The number of hydrogen-bond acceptors (Lipinski definition) is 6. The van der Waals surface area contributed by atoms with Crippen LogP contribution in [0, 0.1) is 19.3 Å². The van der Waals surface area contributed by atoms with Gasteiger partial charge in [0.15, 0.2) is 0 Å². The average Bonchev–Trinajstić information content (AvgIpc) is 3.50. The topological polar surface area (TPSA) is 63.2 Å². The number of fused-ring (bicyclic) bond motifs is 2. The summed E-state index contributed by atoms with van der Waals surface area (Å²) in [6.07, 6.45) is 1.98. The van der Waals surface area contributed by atoms with E-state index < -0.39 is 0 Å². The molecule has 0 radical (unpaired) electrons. The summed E-state index contributed by atoms with van der Waals surface area (Å²) in [5.74, 6) is 2.18. The second-order valence-corrected chi connectivity index (χ2v) is 12.1. The Bertz CT molecular complexity index is 1440. The minimum absolute atomic E-state index is 0.00647. The number of benzene rings is 3. The number of hydrogen-bond donors (Lipinski definition) is 0. The Morgan fingerprint density at radius 1 is 1.02 bits per heavy atom. The molecule has 3 aliphatic rings. The Hall–Kier alpha value is -3.22. The van der Waals surface area contributed by atoms with E-state index in [0.717, 1.165) is 76.1 Å². The van der Waals surface area contributed by atoms with Crippen LogP contribution in [0.5, 0.6) is 17.2 Å². The van der Waals surface area contributed by atoms with Crippen LogP contribution in [0.1, 0.15) is 59.6 Å². The van der Waals surface area contributed by atoms with Crippen LogP contribution >= 0.6 is 11.6 Å². The van der Waals surface area contributed by atoms with E-state index in [9.17, 15) is 4.79 Å². The number of ether oxygens (including phenoxy) is 5. The molecule has 3 aromatic rings. The molecule has 7 heteroatoms. The summed E-state index contributed by atoms with van der Waals surface area (Å²) in [5, 5.41) is 0.751. The van der Waals surface area contributed by atoms with Crippen LogP contribution in [0.2, 0.25) is 5.02 Å². The van der Waals surface area contributed by atoms with Crippen molar-refractivity contribution in [1.29, 1.82) is 0 Å². The van der Waals surface area contributed by atoms with Crippen molar-refractivity contribution in [1.82, 2.24) is 0 Å². The minimum Gasteiger partial charge on any atom is -0.493 e. The zero-order valence-electron chi connectivity index (χ0n) is 23.5. The highest BCUT2D eigenvalue weighted by atomic mass is 35.5. The van der Waals surface area contributed by atoms with E-state index in [1.54, 1.807) is 0 Å². The summed E-state index contributed by atoms with van der Waals surface area (Å²) in [4.78, 5) is 11.8. The highest BCUT2D eigenvalue weighted by Gasteiger charge is 2.35. The Balaban J connectivity index is 1.23. The second kappa shape index (κ2) is 10.6. The number of esters is 1. The molecule has 1 saturated heterocycles. The number of aryl methyl sites for hydroxylation is 2. The van der Waals surface area contributed by atoms with Gasteiger partial charge in [-0.05, 0) is 78.8 Å². The lowest BCUT2D eigenvalue weighted by Crippen LogP contribution is -2.44. The highest BCUT2D eigenvalue weighted by molar-refractivity contribution is 6.33. The van der Waals surface area contributed by atoms with Gasteiger partial charge in [-0.25, -0.2) is 0 Å². The monoisotopic (exact) mass is 562 g/mol. The molecule has 0 N–H and O–H groups in total. The molecule has 2 unspecified atom stereocenters. The zero-order valence-corrected chi connectivity index (χ0v) is 24.2. The van der Waals surface area contributed by atoms with E-state index in [-0.39, 0.29) is 23.4 Å². The van der Waals surface area contributed by atoms with Crippen molar-refractivity contribution in [3.63, 3.8) is 0 Å². The molecule has 0 bridgehead atoms. The molecule has 2 aliphatic heterocycles. The number of rotatable bonds is 8. The Morgan fingerprint density at radius 2 is 1.77 bits per heavy atom. The van der Waals surface area contributed by atoms with Gasteiger partial charge < -0.3 is 23.7 Å². The molecular weight excluding hydrogens is 528 g/mol. The summed E-state index contributed by atoms with van der Waals surface area (Å²) >= 11 is 6.87. The molecule has 6 rings (SSSR count). The van der Waals surface area contributed by atoms with E-state index in [2.05, 4.69) is 39.0 Å². The van der Waals surface area contributed by atoms with E-state index in [1.165, 1.54) is 18.2 Å². The van der Waals surface area contributed by atoms with E-state index in [1.807, 2.05) is 24.3 Å². The van der Waals surface area contributed by atoms with Crippen LogP contribution in [-0.4, -0.2) is 39.5 Å². The van der Waals surface area contributed by atoms with E-state index in [4.69, 9.17) is 35.3 Å². The normalized spacial score (nSPS) is 20.2. The predicted molar refractivity (Wildman–Crippen MR) is 154 cm³/mol. The molecule has 40 heavy (non-hydrogen) atoms. The largest absolute Gasteiger partial charge is 0.493 e. The fourth-order valence-electron chi connectivity index (χ4n) is 6.17. The van der Waals surface area contributed by atoms with E-state index in [0.29, 0.717) is 19.6 Å². The van der Waals surface area contributed by atoms with Crippen molar-refractivity contribution >= 4 is 17.6 Å². The van der Waals surface area contributed by atoms with Gasteiger partial charge in [0, 0.05) is 33.5 Å². The summed E-state index contributed by atoms with van der Waals surface area (Å²) < 4.78 is 28.8. The quantitative estimate of drug-likeness (QED) is 0.272. The lowest BCUT2D eigenvalue weighted by Gasteiger charge is -2.37. The van der Waals surface area contributed by atoms with Crippen LogP contribution in [0.4, 0.5) is 0 Å². The third-order valence-corrected chi connectivity index (χ3v) is 8.65. The molecular formula is C33H35ClO6. The smallest absolute Gasteiger partial charge is 0.306 e. The summed E-state index contributed by atoms with van der Waals surface area (Å²) in [5.41, 5.74) is 8.06. The fraction of sp³-hybridized carbons (Fsp3) is 0.424. The van der Waals surface area contributed by atoms with Crippen molar-refractivity contribution in [3.05, 3.63) is 75.3 Å². The predicted octanol–water partition coefficient (Wildman–Crippen LogP) is 7.14. The first-order valence-electron chi connectivity index (χ1n) is 13.9. The average molecular weight is 563 g/mol. The summed E-state index contributed by atoms with van der Waals surface area (Å²) in [7, 11) is 1.41. The molecule has 210 valence electrons. The maximum absolute atomic E-state index is 11.8.